The molecule has 0 aromatic rings. The second-order valence-corrected chi connectivity index (χ2v) is 16.0. The fraction of sp³-hybridized carbons (Fsp3) is 0.977. The normalized spacial score (nSPS) is 22.2. The number of aliphatic hydroxyl groups excluding tert-OH is 6. The summed E-state index contributed by atoms with van der Waals surface area (Å²) < 4.78 is 11.1. The van der Waals surface area contributed by atoms with Crippen molar-refractivity contribution in [1.29, 1.82) is 0 Å². The molecule has 53 heavy (non-hydrogen) atoms. The molecule has 10 heteroatoms. The molecular formula is C43H85NO9. The summed E-state index contributed by atoms with van der Waals surface area (Å²) in [6, 6.07) is -0.983. The van der Waals surface area contributed by atoms with E-state index in [0.717, 1.165) is 44.9 Å². The molecule has 0 saturated carbocycles. The summed E-state index contributed by atoms with van der Waals surface area (Å²) in [5, 5.41) is 65.0. The van der Waals surface area contributed by atoms with E-state index in [2.05, 4.69) is 19.2 Å². The SMILES string of the molecule is CCCCCCCCCCCCCCCCCCCCC(=O)N[C@@H](CO[C@@H]1O[C@H](CO)[C@@H](O)C(O)C1O)[C@H](O)[C@H](O)CCCCCCCCCCCC. The van der Waals surface area contributed by atoms with Gasteiger partial charge < -0.3 is 45.4 Å². The van der Waals surface area contributed by atoms with Gasteiger partial charge in [-0.1, -0.05) is 187 Å². The Bertz CT molecular complexity index is 819. The number of unbranched alkanes of at least 4 members (excludes halogenated alkanes) is 26. The number of carbonyl (C=O) groups excluding carboxylic acids is 1. The Morgan fingerprint density at radius 2 is 0.981 bits per heavy atom. The molecule has 316 valence electrons. The van der Waals surface area contributed by atoms with Gasteiger partial charge in [0, 0.05) is 6.42 Å². The van der Waals surface area contributed by atoms with Crippen LogP contribution in [0.15, 0.2) is 0 Å². The Balaban J connectivity index is 2.37. The zero-order chi connectivity index (χ0) is 38.9. The van der Waals surface area contributed by atoms with E-state index in [9.17, 15) is 35.4 Å². The van der Waals surface area contributed by atoms with Crippen molar-refractivity contribution in [2.75, 3.05) is 13.2 Å². The Morgan fingerprint density at radius 1 is 0.585 bits per heavy atom. The molecule has 10 nitrogen and oxygen atoms in total. The van der Waals surface area contributed by atoms with E-state index in [1.54, 1.807) is 0 Å². The van der Waals surface area contributed by atoms with Crippen LogP contribution in [-0.4, -0.2) is 98.7 Å². The molecule has 1 heterocycles. The number of aliphatic hydroxyl groups is 6. The number of nitrogens with one attached hydrogen (secondary N) is 1. The average molecular weight is 760 g/mol. The van der Waals surface area contributed by atoms with Crippen molar-refractivity contribution in [2.24, 2.45) is 0 Å². The van der Waals surface area contributed by atoms with Gasteiger partial charge in [-0.3, -0.25) is 4.79 Å². The smallest absolute Gasteiger partial charge is 0.220 e. The Morgan fingerprint density at radius 3 is 1.40 bits per heavy atom. The van der Waals surface area contributed by atoms with Gasteiger partial charge in [-0.15, -0.1) is 0 Å². The molecule has 2 unspecified atom stereocenters. The number of ether oxygens (including phenoxy) is 2. The average Bonchev–Trinajstić information content (AvgIpc) is 3.16. The van der Waals surface area contributed by atoms with Gasteiger partial charge >= 0.3 is 0 Å². The minimum absolute atomic E-state index is 0.255. The van der Waals surface area contributed by atoms with Crippen LogP contribution in [-0.2, 0) is 14.3 Å². The molecule has 7 N–H and O–H groups in total. The molecule has 8 atom stereocenters. The first kappa shape index (κ1) is 50.2. The lowest BCUT2D eigenvalue weighted by Gasteiger charge is -2.40. The van der Waals surface area contributed by atoms with Gasteiger partial charge in [-0.25, -0.2) is 0 Å². The maximum absolute atomic E-state index is 13.0. The highest BCUT2D eigenvalue weighted by Crippen LogP contribution is 2.23. The molecule has 1 aliphatic rings. The van der Waals surface area contributed by atoms with Gasteiger partial charge in [0.15, 0.2) is 6.29 Å². The third kappa shape index (κ3) is 25.1. The monoisotopic (exact) mass is 760 g/mol. The van der Waals surface area contributed by atoms with Crippen LogP contribution in [0.1, 0.15) is 206 Å². The molecule has 0 radical (unpaired) electrons. The first-order chi connectivity index (χ1) is 25.8. The summed E-state index contributed by atoms with van der Waals surface area (Å²) in [6.07, 6.45) is 25.4. The van der Waals surface area contributed by atoms with Crippen LogP contribution in [0.25, 0.3) is 0 Å². The molecule has 0 bridgehead atoms. The summed E-state index contributed by atoms with van der Waals surface area (Å²) in [4.78, 5) is 13.0. The van der Waals surface area contributed by atoms with E-state index in [0.29, 0.717) is 6.42 Å². The number of hydrogen-bond donors (Lipinski definition) is 7. The van der Waals surface area contributed by atoms with Crippen molar-refractivity contribution in [3.8, 4) is 0 Å². The molecule has 1 fully saturated rings. The standard InChI is InChI=1S/C43H85NO9/c1-3-5-7-9-11-13-15-16-17-18-19-20-21-22-24-26-28-30-32-38(47)44-35(34-52-43-42(51)41(50)40(49)37(33-45)53-43)39(48)36(46)31-29-27-25-23-14-12-10-8-6-4-2/h35-37,39-43,45-46,48-51H,3-34H2,1-2H3,(H,44,47)/t35-,36+,37+,39-,40+,41?,42?,43+/m0/s1. The highest BCUT2D eigenvalue weighted by molar-refractivity contribution is 5.76. The van der Waals surface area contributed by atoms with Crippen LogP contribution >= 0.6 is 0 Å². The quantitative estimate of drug-likeness (QED) is 0.0313. The minimum Gasteiger partial charge on any atom is -0.394 e. The van der Waals surface area contributed by atoms with E-state index in [1.165, 1.54) is 135 Å². The summed E-state index contributed by atoms with van der Waals surface area (Å²) >= 11 is 0. The predicted molar refractivity (Wildman–Crippen MR) is 214 cm³/mol. The number of hydrogen-bond acceptors (Lipinski definition) is 9. The van der Waals surface area contributed by atoms with Crippen LogP contribution in [0.3, 0.4) is 0 Å². The van der Waals surface area contributed by atoms with Crippen molar-refractivity contribution >= 4 is 5.91 Å². The zero-order valence-electron chi connectivity index (χ0n) is 34.2. The molecule has 1 aliphatic heterocycles. The maximum Gasteiger partial charge on any atom is 0.220 e. The third-order valence-corrected chi connectivity index (χ3v) is 11.1. The largest absolute Gasteiger partial charge is 0.394 e. The van der Waals surface area contributed by atoms with Crippen LogP contribution in [0.5, 0.6) is 0 Å². The van der Waals surface area contributed by atoms with E-state index in [-0.39, 0.29) is 18.9 Å². The molecular weight excluding hydrogens is 674 g/mol. The fourth-order valence-electron chi connectivity index (χ4n) is 7.38. The van der Waals surface area contributed by atoms with Gasteiger partial charge in [0.1, 0.15) is 30.5 Å². The van der Waals surface area contributed by atoms with Crippen molar-refractivity contribution in [3.05, 3.63) is 0 Å². The van der Waals surface area contributed by atoms with Crippen LogP contribution in [0.2, 0.25) is 0 Å². The predicted octanol–water partition coefficient (Wildman–Crippen LogP) is 7.75. The first-order valence-corrected chi connectivity index (χ1v) is 22.3. The van der Waals surface area contributed by atoms with Gasteiger partial charge in [-0.05, 0) is 12.8 Å². The van der Waals surface area contributed by atoms with Crippen molar-refractivity contribution in [3.63, 3.8) is 0 Å². The topological polar surface area (TPSA) is 169 Å². The molecule has 0 aliphatic carbocycles. The third-order valence-electron chi connectivity index (χ3n) is 11.1. The lowest BCUT2D eigenvalue weighted by molar-refractivity contribution is -0.303. The summed E-state index contributed by atoms with van der Waals surface area (Å²) in [5.74, 6) is -0.255. The first-order valence-electron chi connectivity index (χ1n) is 22.3. The Kier molecular flexibility index (Phi) is 32.6. The number of carbonyl (C=O) groups is 1. The summed E-state index contributed by atoms with van der Waals surface area (Å²) in [5.41, 5.74) is 0. The highest BCUT2D eigenvalue weighted by atomic mass is 16.7. The molecule has 1 amide bonds. The zero-order valence-corrected chi connectivity index (χ0v) is 34.2. The second kappa shape index (κ2) is 34.4. The van der Waals surface area contributed by atoms with Crippen LogP contribution in [0, 0.1) is 0 Å². The van der Waals surface area contributed by atoms with E-state index in [4.69, 9.17) is 9.47 Å². The Labute approximate surface area is 324 Å². The van der Waals surface area contributed by atoms with Gasteiger partial charge in [0.05, 0.1) is 25.4 Å². The van der Waals surface area contributed by atoms with Crippen molar-refractivity contribution in [2.45, 2.75) is 255 Å². The van der Waals surface area contributed by atoms with Crippen LogP contribution in [0.4, 0.5) is 0 Å². The minimum atomic E-state index is -1.60. The summed E-state index contributed by atoms with van der Waals surface area (Å²) in [7, 11) is 0. The highest BCUT2D eigenvalue weighted by Gasteiger charge is 2.44. The van der Waals surface area contributed by atoms with Gasteiger partial charge in [0.25, 0.3) is 0 Å². The van der Waals surface area contributed by atoms with Crippen molar-refractivity contribution < 1.29 is 44.9 Å². The second-order valence-electron chi connectivity index (χ2n) is 16.0. The van der Waals surface area contributed by atoms with E-state index >= 15 is 0 Å². The molecule has 0 aromatic carbocycles. The van der Waals surface area contributed by atoms with Gasteiger partial charge in [-0.2, -0.15) is 0 Å². The molecule has 0 spiro atoms. The van der Waals surface area contributed by atoms with Crippen LogP contribution < -0.4 is 5.32 Å². The molecule has 1 rings (SSSR count). The fourth-order valence-corrected chi connectivity index (χ4v) is 7.38. The maximum atomic E-state index is 13.0. The van der Waals surface area contributed by atoms with Gasteiger partial charge in [0.2, 0.25) is 5.91 Å². The Hall–Kier alpha value is -0.850. The molecule has 0 aromatic heterocycles. The lowest BCUT2D eigenvalue weighted by Crippen LogP contribution is -2.60. The number of rotatable bonds is 37. The van der Waals surface area contributed by atoms with E-state index < -0.39 is 55.6 Å². The summed E-state index contributed by atoms with van der Waals surface area (Å²) in [6.45, 7) is 3.59. The van der Waals surface area contributed by atoms with E-state index in [1.807, 2.05) is 0 Å². The molecule has 1 saturated heterocycles. The lowest BCUT2D eigenvalue weighted by atomic mass is 9.98. The van der Waals surface area contributed by atoms with Crippen molar-refractivity contribution in [1.82, 2.24) is 5.32 Å². The number of amides is 1.